The zero-order valence-corrected chi connectivity index (χ0v) is 10.2. The number of nitrogen functional groups attached to an aromatic ring is 1. The van der Waals surface area contributed by atoms with Gasteiger partial charge in [-0.1, -0.05) is 11.6 Å². The second-order valence-electron chi connectivity index (χ2n) is 4.23. The molecule has 1 fully saturated rings. The third-order valence-corrected chi connectivity index (χ3v) is 3.02. The highest BCUT2D eigenvalue weighted by Gasteiger charge is 2.25. The van der Waals surface area contributed by atoms with E-state index in [1.54, 1.807) is 12.3 Å². The topological polar surface area (TPSA) is 54.2 Å². The summed E-state index contributed by atoms with van der Waals surface area (Å²) in [6, 6.07) is 2.50. The zero-order chi connectivity index (χ0) is 11.5. The largest absolute Gasteiger partial charge is 0.396 e. The molecule has 0 spiro atoms. The molecule has 1 aliphatic carbocycles. The lowest BCUT2D eigenvalue weighted by Crippen LogP contribution is -2.27. The van der Waals surface area contributed by atoms with Crippen molar-refractivity contribution in [2.24, 2.45) is 0 Å². The van der Waals surface area contributed by atoms with Crippen LogP contribution in [0.1, 0.15) is 12.8 Å². The van der Waals surface area contributed by atoms with Gasteiger partial charge in [-0.3, -0.25) is 0 Å². The molecule has 16 heavy (non-hydrogen) atoms. The standard InChI is InChI=1S/C11H17ClN4/c1-16(9-2-3-9)5-4-14-11-10(13)6-8(12)7-15-11/h6-7,9H,2-5,13H2,1H3,(H,14,15). The van der Waals surface area contributed by atoms with Crippen LogP contribution in [-0.2, 0) is 0 Å². The molecule has 4 nitrogen and oxygen atoms in total. The van der Waals surface area contributed by atoms with Crippen molar-refractivity contribution < 1.29 is 0 Å². The van der Waals surface area contributed by atoms with E-state index < -0.39 is 0 Å². The van der Waals surface area contributed by atoms with Gasteiger partial charge in [-0.25, -0.2) is 4.98 Å². The van der Waals surface area contributed by atoms with Crippen LogP contribution in [-0.4, -0.2) is 36.1 Å². The van der Waals surface area contributed by atoms with Gasteiger partial charge in [0.1, 0.15) is 5.82 Å². The summed E-state index contributed by atoms with van der Waals surface area (Å²) in [5.41, 5.74) is 6.39. The van der Waals surface area contributed by atoms with E-state index in [2.05, 4.69) is 22.2 Å². The Balaban J connectivity index is 1.80. The first kappa shape index (κ1) is 11.5. The summed E-state index contributed by atoms with van der Waals surface area (Å²) in [6.07, 6.45) is 4.26. The van der Waals surface area contributed by atoms with Gasteiger partial charge in [-0.15, -0.1) is 0 Å². The molecular weight excluding hydrogens is 224 g/mol. The second-order valence-corrected chi connectivity index (χ2v) is 4.67. The number of nitrogens with one attached hydrogen (secondary N) is 1. The van der Waals surface area contributed by atoms with Gasteiger partial charge in [-0.2, -0.15) is 0 Å². The number of hydrogen-bond acceptors (Lipinski definition) is 4. The number of hydrogen-bond donors (Lipinski definition) is 2. The number of halogens is 1. The molecule has 0 unspecified atom stereocenters. The third kappa shape index (κ3) is 3.00. The van der Waals surface area contributed by atoms with Crippen molar-refractivity contribution >= 4 is 23.1 Å². The second kappa shape index (κ2) is 4.89. The van der Waals surface area contributed by atoms with Crippen LogP contribution in [0.25, 0.3) is 0 Å². The maximum atomic E-state index is 5.79. The summed E-state index contributed by atoms with van der Waals surface area (Å²) < 4.78 is 0. The van der Waals surface area contributed by atoms with E-state index in [1.807, 2.05) is 0 Å². The first-order valence-electron chi connectivity index (χ1n) is 5.52. The minimum atomic E-state index is 0.568. The van der Waals surface area contributed by atoms with Crippen LogP contribution in [0.4, 0.5) is 11.5 Å². The summed E-state index contributed by atoms with van der Waals surface area (Å²) in [6.45, 7) is 1.86. The van der Waals surface area contributed by atoms with Crippen LogP contribution in [0.3, 0.4) is 0 Å². The van der Waals surface area contributed by atoms with Crippen molar-refractivity contribution in [2.45, 2.75) is 18.9 Å². The van der Waals surface area contributed by atoms with Gasteiger partial charge < -0.3 is 16.0 Å². The predicted molar refractivity (Wildman–Crippen MR) is 67.8 cm³/mol. The molecule has 1 aromatic rings. The van der Waals surface area contributed by atoms with Gasteiger partial charge in [0.25, 0.3) is 0 Å². The van der Waals surface area contributed by atoms with Gasteiger partial charge in [0, 0.05) is 25.3 Å². The number of likely N-dealkylation sites (N-methyl/N-ethyl adjacent to an activating group) is 1. The lowest BCUT2D eigenvalue weighted by molar-refractivity contribution is 0.337. The Morgan fingerprint density at radius 3 is 3.00 bits per heavy atom. The summed E-state index contributed by atoms with van der Waals surface area (Å²) in [5, 5.41) is 3.79. The Bertz CT molecular complexity index is 365. The molecule has 88 valence electrons. The number of anilines is 2. The lowest BCUT2D eigenvalue weighted by atomic mass is 10.4. The minimum Gasteiger partial charge on any atom is -0.396 e. The molecule has 0 radical (unpaired) electrons. The summed E-state index contributed by atoms with van der Waals surface area (Å²) in [4.78, 5) is 6.51. The highest BCUT2D eigenvalue weighted by molar-refractivity contribution is 6.30. The molecule has 5 heteroatoms. The summed E-state index contributed by atoms with van der Waals surface area (Å²) in [5.74, 6) is 0.716. The van der Waals surface area contributed by atoms with Crippen molar-refractivity contribution in [3.63, 3.8) is 0 Å². The Kier molecular flexibility index (Phi) is 3.51. The summed E-state index contributed by atoms with van der Waals surface area (Å²) in [7, 11) is 2.15. The Morgan fingerprint density at radius 1 is 1.62 bits per heavy atom. The molecule has 1 aliphatic rings. The van der Waals surface area contributed by atoms with Crippen LogP contribution in [0.2, 0.25) is 5.02 Å². The number of pyridine rings is 1. The Labute approximate surface area is 101 Å². The van der Waals surface area contributed by atoms with Crippen molar-refractivity contribution in [1.82, 2.24) is 9.88 Å². The van der Waals surface area contributed by atoms with Crippen molar-refractivity contribution in [3.05, 3.63) is 17.3 Å². The zero-order valence-electron chi connectivity index (χ0n) is 9.41. The number of nitrogens with two attached hydrogens (primary N) is 1. The molecule has 2 rings (SSSR count). The fourth-order valence-corrected chi connectivity index (χ4v) is 1.82. The average molecular weight is 241 g/mol. The van der Waals surface area contributed by atoms with Crippen LogP contribution in [0, 0.1) is 0 Å². The molecule has 0 bridgehead atoms. The molecule has 1 aromatic heterocycles. The first-order valence-corrected chi connectivity index (χ1v) is 5.90. The van der Waals surface area contributed by atoms with Gasteiger partial charge >= 0.3 is 0 Å². The van der Waals surface area contributed by atoms with Crippen LogP contribution in [0.15, 0.2) is 12.3 Å². The molecule has 0 saturated heterocycles. The van der Waals surface area contributed by atoms with Crippen LogP contribution < -0.4 is 11.1 Å². The smallest absolute Gasteiger partial charge is 0.149 e. The van der Waals surface area contributed by atoms with E-state index in [1.165, 1.54) is 12.8 Å². The van der Waals surface area contributed by atoms with Gasteiger partial charge in [0.2, 0.25) is 0 Å². The maximum Gasteiger partial charge on any atom is 0.149 e. The predicted octanol–water partition coefficient (Wildman–Crippen LogP) is 1.82. The Hall–Kier alpha value is -1.00. The van der Waals surface area contributed by atoms with Crippen molar-refractivity contribution in [2.75, 3.05) is 31.2 Å². The van der Waals surface area contributed by atoms with Gasteiger partial charge in [0.05, 0.1) is 10.7 Å². The molecule has 1 saturated carbocycles. The van der Waals surface area contributed by atoms with E-state index in [9.17, 15) is 0 Å². The van der Waals surface area contributed by atoms with E-state index in [-0.39, 0.29) is 0 Å². The molecule has 0 aromatic carbocycles. The maximum absolute atomic E-state index is 5.79. The average Bonchev–Trinajstić information content (AvgIpc) is 3.04. The van der Waals surface area contributed by atoms with Gasteiger partial charge in [-0.05, 0) is 26.0 Å². The minimum absolute atomic E-state index is 0.568. The fraction of sp³-hybridized carbons (Fsp3) is 0.545. The van der Waals surface area contributed by atoms with Crippen LogP contribution >= 0.6 is 11.6 Å². The molecule has 1 heterocycles. The monoisotopic (exact) mass is 240 g/mol. The fourth-order valence-electron chi connectivity index (χ4n) is 1.65. The van der Waals surface area contributed by atoms with E-state index in [0.717, 1.165) is 19.1 Å². The molecule has 0 aliphatic heterocycles. The van der Waals surface area contributed by atoms with Crippen LogP contribution in [0.5, 0.6) is 0 Å². The van der Waals surface area contributed by atoms with Crippen molar-refractivity contribution in [3.8, 4) is 0 Å². The lowest BCUT2D eigenvalue weighted by Gasteiger charge is -2.16. The number of rotatable bonds is 5. The number of nitrogens with zero attached hydrogens (tertiary/aromatic N) is 2. The summed E-state index contributed by atoms with van der Waals surface area (Å²) >= 11 is 5.77. The number of aromatic nitrogens is 1. The van der Waals surface area contributed by atoms with Crippen molar-refractivity contribution in [1.29, 1.82) is 0 Å². The van der Waals surface area contributed by atoms with E-state index in [4.69, 9.17) is 17.3 Å². The highest BCUT2D eigenvalue weighted by atomic mass is 35.5. The quantitative estimate of drug-likeness (QED) is 0.825. The van der Waals surface area contributed by atoms with E-state index >= 15 is 0 Å². The highest BCUT2D eigenvalue weighted by Crippen LogP contribution is 2.25. The molecular formula is C11H17ClN4. The normalized spacial score (nSPS) is 15.4. The third-order valence-electron chi connectivity index (χ3n) is 2.81. The Morgan fingerprint density at radius 2 is 2.38 bits per heavy atom. The van der Waals surface area contributed by atoms with Gasteiger partial charge in [0.15, 0.2) is 0 Å². The molecule has 0 amide bonds. The molecule has 0 atom stereocenters. The first-order chi connectivity index (χ1) is 7.66. The molecule has 3 N–H and O–H groups in total. The SMILES string of the molecule is CN(CCNc1ncc(Cl)cc1N)C1CC1. The van der Waals surface area contributed by atoms with E-state index in [0.29, 0.717) is 16.5 Å².